The van der Waals surface area contributed by atoms with Crippen LogP contribution in [0.3, 0.4) is 0 Å². The summed E-state index contributed by atoms with van der Waals surface area (Å²) >= 11 is 6.53. The topological polar surface area (TPSA) is 96.0 Å². The lowest BCUT2D eigenvalue weighted by Gasteiger charge is -2.16. The quantitative estimate of drug-likeness (QED) is 0.686. The molecular formula is C18H16ClFN4O2. The van der Waals surface area contributed by atoms with E-state index in [0.29, 0.717) is 16.8 Å². The molecule has 0 spiro atoms. The second-order valence-corrected chi connectivity index (χ2v) is 6.78. The van der Waals surface area contributed by atoms with Gasteiger partial charge >= 0.3 is 5.69 Å². The minimum atomic E-state index is -0.773. The zero-order valence-corrected chi connectivity index (χ0v) is 14.5. The first-order valence-electron chi connectivity index (χ1n) is 8.17. The second kappa shape index (κ2) is 5.96. The fourth-order valence-corrected chi connectivity index (χ4v) is 3.62. The van der Waals surface area contributed by atoms with Crippen molar-refractivity contribution in [2.45, 2.75) is 25.4 Å². The molecule has 3 aromatic rings. The Morgan fingerprint density at radius 1 is 1.23 bits per heavy atom. The van der Waals surface area contributed by atoms with E-state index in [0.717, 1.165) is 24.5 Å². The van der Waals surface area contributed by atoms with Crippen LogP contribution in [0.25, 0.3) is 22.0 Å². The average Bonchev–Trinajstić information content (AvgIpc) is 3.46. The molecule has 0 amide bonds. The summed E-state index contributed by atoms with van der Waals surface area (Å²) in [6, 6.07) is 8.02. The number of halogens is 2. The van der Waals surface area contributed by atoms with E-state index in [2.05, 4.69) is 0 Å². The Balaban J connectivity index is 2.14. The van der Waals surface area contributed by atoms with Crippen LogP contribution in [0.1, 0.15) is 24.4 Å². The summed E-state index contributed by atoms with van der Waals surface area (Å²) in [6.07, 6.45) is 1.55. The Morgan fingerprint density at radius 2 is 1.96 bits per heavy atom. The van der Waals surface area contributed by atoms with E-state index in [1.54, 1.807) is 18.2 Å². The highest BCUT2D eigenvalue weighted by molar-refractivity contribution is 6.38. The third kappa shape index (κ3) is 2.43. The molecule has 1 heterocycles. The number of aromatic nitrogens is 2. The van der Waals surface area contributed by atoms with E-state index in [9.17, 15) is 14.0 Å². The number of nitrogens with zero attached hydrogens (tertiary/aromatic N) is 2. The summed E-state index contributed by atoms with van der Waals surface area (Å²) in [5.41, 5.74) is 5.94. The van der Waals surface area contributed by atoms with E-state index in [-0.39, 0.29) is 27.5 Å². The maximum Gasteiger partial charge on any atom is 0.350 e. The molecule has 134 valence electrons. The van der Waals surface area contributed by atoms with Crippen LogP contribution in [0.4, 0.5) is 4.39 Å². The molecule has 1 fully saturated rings. The van der Waals surface area contributed by atoms with Gasteiger partial charge in [-0.2, -0.15) is 4.68 Å². The van der Waals surface area contributed by atoms with Gasteiger partial charge in [0.2, 0.25) is 0 Å². The Bertz CT molecular complexity index is 1160. The van der Waals surface area contributed by atoms with E-state index in [1.165, 1.54) is 4.57 Å². The SMILES string of the molecule is NCc1cccc(-c2c(F)cc3c(=O)n(N)c(=O)n(C4CC4)c3c2Cl)c1. The summed E-state index contributed by atoms with van der Waals surface area (Å²) in [5, 5.41) is 0.0103. The third-order valence-electron chi connectivity index (χ3n) is 4.66. The molecule has 0 radical (unpaired) electrons. The molecule has 4 N–H and O–H groups in total. The molecule has 1 aromatic heterocycles. The van der Waals surface area contributed by atoms with Crippen molar-refractivity contribution in [3.05, 3.63) is 67.6 Å². The Morgan fingerprint density at radius 3 is 2.62 bits per heavy atom. The van der Waals surface area contributed by atoms with Gasteiger partial charge in [0, 0.05) is 18.2 Å². The summed E-state index contributed by atoms with van der Waals surface area (Å²) in [5.74, 6) is 4.94. The predicted octanol–water partition coefficient (Wildman–Crippen LogP) is 2.13. The van der Waals surface area contributed by atoms with Gasteiger partial charge in [0.15, 0.2) is 0 Å². The van der Waals surface area contributed by atoms with E-state index >= 15 is 0 Å². The van der Waals surface area contributed by atoms with Gasteiger partial charge in [-0.25, -0.2) is 9.18 Å². The molecule has 0 atom stereocenters. The van der Waals surface area contributed by atoms with E-state index in [4.69, 9.17) is 23.2 Å². The van der Waals surface area contributed by atoms with Gasteiger partial charge in [-0.05, 0) is 36.1 Å². The van der Waals surface area contributed by atoms with E-state index in [1.807, 2.05) is 6.07 Å². The fraction of sp³-hybridized carbons (Fsp3) is 0.222. The van der Waals surface area contributed by atoms with Crippen LogP contribution in [0.2, 0.25) is 5.02 Å². The highest BCUT2D eigenvalue weighted by Gasteiger charge is 2.30. The van der Waals surface area contributed by atoms with Crippen molar-refractivity contribution in [2.75, 3.05) is 5.84 Å². The molecule has 0 saturated heterocycles. The number of hydrogen-bond donors (Lipinski definition) is 2. The number of nitrogen functional groups attached to an aromatic ring is 1. The predicted molar refractivity (Wildman–Crippen MR) is 99.2 cm³/mol. The molecule has 0 unspecified atom stereocenters. The monoisotopic (exact) mass is 374 g/mol. The molecule has 1 saturated carbocycles. The van der Waals surface area contributed by atoms with Gasteiger partial charge in [0.05, 0.1) is 15.9 Å². The van der Waals surface area contributed by atoms with Crippen LogP contribution >= 0.6 is 11.6 Å². The van der Waals surface area contributed by atoms with Crippen LogP contribution in [0, 0.1) is 5.82 Å². The van der Waals surface area contributed by atoms with Crippen molar-refractivity contribution in [1.82, 2.24) is 9.24 Å². The molecule has 8 heteroatoms. The van der Waals surface area contributed by atoms with Gasteiger partial charge in [-0.15, -0.1) is 0 Å². The van der Waals surface area contributed by atoms with Crippen molar-refractivity contribution in [1.29, 1.82) is 0 Å². The first-order chi connectivity index (χ1) is 12.4. The van der Waals surface area contributed by atoms with Crippen LogP contribution < -0.4 is 22.8 Å². The molecule has 4 rings (SSSR count). The van der Waals surface area contributed by atoms with Crippen molar-refractivity contribution in [2.24, 2.45) is 5.73 Å². The minimum Gasteiger partial charge on any atom is -0.332 e. The Labute approximate surface area is 152 Å². The van der Waals surface area contributed by atoms with Gasteiger partial charge in [0.1, 0.15) is 5.82 Å². The van der Waals surface area contributed by atoms with Gasteiger partial charge < -0.3 is 11.6 Å². The minimum absolute atomic E-state index is 0.0137. The average molecular weight is 375 g/mol. The van der Waals surface area contributed by atoms with Gasteiger partial charge in [-0.1, -0.05) is 29.8 Å². The van der Waals surface area contributed by atoms with Crippen LogP contribution in [0.15, 0.2) is 39.9 Å². The highest BCUT2D eigenvalue weighted by atomic mass is 35.5. The molecule has 26 heavy (non-hydrogen) atoms. The van der Waals surface area contributed by atoms with Crippen molar-refractivity contribution >= 4 is 22.5 Å². The third-order valence-corrected chi connectivity index (χ3v) is 5.03. The molecule has 6 nitrogen and oxygen atoms in total. The summed E-state index contributed by atoms with van der Waals surface area (Å²) in [4.78, 5) is 24.9. The normalized spacial score (nSPS) is 14.1. The second-order valence-electron chi connectivity index (χ2n) is 6.41. The Kier molecular flexibility index (Phi) is 3.86. The number of nitrogens with two attached hydrogens (primary N) is 2. The van der Waals surface area contributed by atoms with E-state index < -0.39 is 17.1 Å². The molecule has 0 aliphatic heterocycles. The van der Waals surface area contributed by atoms with Crippen molar-refractivity contribution < 1.29 is 4.39 Å². The lowest BCUT2D eigenvalue weighted by atomic mass is 10.0. The van der Waals surface area contributed by atoms with Crippen LogP contribution in [-0.4, -0.2) is 9.24 Å². The van der Waals surface area contributed by atoms with Crippen molar-refractivity contribution in [3.8, 4) is 11.1 Å². The lowest BCUT2D eigenvalue weighted by Crippen LogP contribution is -2.44. The smallest absolute Gasteiger partial charge is 0.332 e. The summed E-state index contributed by atoms with van der Waals surface area (Å²) in [6.45, 7) is 0.297. The summed E-state index contributed by atoms with van der Waals surface area (Å²) in [7, 11) is 0. The molecular weight excluding hydrogens is 359 g/mol. The zero-order valence-electron chi connectivity index (χ0n) is 13.7. The van der Waals surface area contributed by atoms with Crippen LogP contribution in [0.5, 0.6) is 0 Å². The summed E-state index contributed by atoms with van der Waals surface area (Å²) < 4.78 is 16.8. The molecule has 2 aromatic carbocycles. The number of hydrogen-bond acceptors (Lipinski definition) is 4. The largest absolute Gasteiger partial charge is 0.350 e. The number of benzene rings is 2. The van der Waals surface area contributed by atoms with Gasteiger partial charge in [-0.3, -0.25) is 9.36 Å². The fourth-order valence-electron chi connectivity index (χ4n) is 3.23. The zero-order chi connectivity index (χ0) is 18.6. The van der Waals surface area contributed by atoms with Crippen molar-refractivity contribution in [3.63, 3.8) is 0 Å². The first-order valence-corrected chi connectivity index (χ1v) is 8.55. The Hall–Kier alpha value is -2.64. The standard InChI is InChI=1S/C18H16ClFN4O2/c19-15-14(10-3-1-2-9(6-10)8-21)13(20)7-12-16(15)23(11-4-5-11)18(26)24(22)17(12)25/h1-3,6-7,11H,4-5,8,21-22H2. The molecule has 0 bridgehead atoms. The first kappa shape index (κ1) is 16.8. The maximum absolute atomic E-state index is 14.9. The molecule has 1 aliphatic carbocycles. The number of fused-ring (bicyclic) bond motifs is 1. The molecule has 1 aliphatic rings. The lowest BCUT2D eigenvalue weighted by molar-refractivity contribution is 0.628. The number of rotatable bonds is 3. The van der Waals surface area contributed by atoms with Crippen LogP contribution in [-0.2, 0) is 6.54 Å². The maximum atomic E-state index is 14.9. The highest BCUT2D eigenvalue weighted by Crippen LogP contribution is 2.40. The van der Waals surface area contributed by atoms with Gasteiger partial charge in [0.25, 0.3) is 5.56 Å².